The Labute approximate surface area is 166 Å². The minimum absolute atomic E-state index is 0.0722. The molecule has 1 aliphatic heterocycles. The molecule has 0 aromatic heterocycles. The van der Waals surface area contributed by atoms with Gasteiger partial charge in [-0.1, -0.05) is 70.8 Å². The van der Waals surface area contributed by atoms with Crippen molar-refractivity contribution >= 4 is 46.2 Å². The molecule has 0 atom stereocenters. The van der Waals surface area contributed by atoms with Crippen molar-refractivity contribution in [3.05, 3.63) is 94.0 Å². The minimum Gasteiger partial charge on any atom is -0.390 e. The summed E-state index contributed by atoms with van der Waals surface area (Å²) < 4.78 is 0. The first-order valence-corrected chi connectivity index (χ1v) is 9.04. The Morgan fingerprint density at radius 2 is 1.52 bits per heavy atom. The van der Waals surface area contributed by atoms with Gasteiger partial charge in [-0.3, -0.25) is 9.69 Å². The highest BCUT2D eigenvalue weighted by atomic mass is 35.5. The van der Waals surface area contributed by atoms with E-state index in [0.717, 1.165) is 16.9 Å². The molecule has 0 N–H and O–H groups in total. The van der Waals surface area contributed by atoms with Crippen LogP contribution in [0, 0.1) is 0 Å². The maximum Gasteiger partial charge on any atom is 0.285 e. The smallest absolute Gasteiger partial charge is 0.285 e. The lowest BCUT2D eigenvalue weighted by atomic mass is 10.1. The van der Waals surface area contributed by atoms with E-state index in [1.165, 1.54) is 0 Å². The van der Waals surface area contributed by atoms with Crippen molar-refractivity contribution in [2.24, 2.45) is 5.16 Å². The van der Waals surface area contributed by atoms with Gasteiger partial charge >= 0.3 is 0 Å². The van der Waals surface area contributed by atoms with Crippen LogP contribution in [0.25, 0.3) is 0 Å². The van der Waals surface area contributed by atoms with Crippen LogP contribution in [-0.2, 0) is 16.2 Å². The number of hydrogen-bond acceptors (Lipinski definition) is 3. The van der Waals surface area contributed by atoms with Crippen LogP contribution in [0.15, 0.2) is 78.0 Å². The van der Waals surface area contributed by atoms with Crippen LogP contribution in [-0.4, -0.2) is 11.6 Å². The average molecular weight is 397 g/mol. The molecule has 3 aromatic carbocycles. The second-order valence-electron chi connectivity index (χ2n) is 5.91. The van der Waals surface area contributed by atoms with Crippen LogP contribution in [0.1, 0.15) is 11.1 Å². The van der Waals surface area contributed by atoms with Gasteiger partial charge in [-0.25, -0.2) is 0 Å². The number of para-hydroxylation sites is 2. The Morgan fingerprint density at radius 3 is 2.26 bits per heavy atom. The van der Waals surface area contributed by atoms with E-state index in [1.54, 1.807) is 23.1 Å². The van der Waals surface area contributed by atoms with Gasteiger partial charge in [-0.15, -0.1) is 0 Å². The summed E-state index contributed by atoms with van der Waals surface area (Å²) in [5.74, 6) is -0.243. The van der Waals surface area contributed by atoms with Gasteiger partial charge < -0.3 is 4.84 Å². The third kappa shape index (κ3) is 3.29. The van der Waals surface area contributed by atoms with Gasteiger partial charge in [0.25, 0.3) is 5.91 Å². The third-order valence-electron chi connectivity index (χ3n) is 4.25. The minimum atomic E-state index is -0.243. The maximum absolute atomic E-state index is 13.0. The normalized spacial score (nSPS) is 14.5. The van der Waals surface area contributed by atoms with Crippen LogP contribution in [0.2, 0.25) is 10.0 Å². The molecule has 0 spiro atoms. The molecule has 4 nitrogen and oxygen atoms in total. The van der Waals surface area contributed by atoms with Crippen LogP contribution < -0.4 is 4.90 Å². The van der Waals surface area contributed by atoms with E-state index in [0.29, 0.717) is 15.6 Å². The standard InChI is InChI=1S/C21H14Cl2N2O2/c22-17-10-6-11-18(23)16(17)13-27-24-20-15-9-4-5-12-19(15)25(21(20)26)14-7-2-1-3-8-14/h1-12H,13H2/b24-20-. The fourth-order valence-corrected chi connectivity index (χ4v) is 3.46. The molecule has 0 aliphatic carbocycles. The quantitative estimate of drug-likeness (QED) is 0.539. The van der Waals surface area contributed by atoms with Gasteiger partial charge in [0.15, 0.2) is 5.71 Å². The lowest BCUT2D eigenvalue weighted by Crippen LogP contribution is -2.25. The first-order chi connectivity index (χ1) is 13.2. The van der Waals surface area contributed by atoms with Gasteiger partial charge in [-0.2, -0.15) is 0 Å². The van der Waals surface area contributed by atoms with E-state index >= 15 is 0 Å². The van der Waals surface area contributed by atoms with E-state index in [1.807, 2.05) is 54.6 Å². The number of anilines is 2. The van der Waals surface area contributed by atoms with Crippen LogP contribution >= 0.6 is 23.2 Å². The Kier molecular flexibility index (Phi) is 4.84. The Balaban J connectivity index is 1.65. The third-order valence-corrected chi connectivity index (χ3v) is 4.95. The number of carbonyl (C=O) groups is 1. The first-order valence-electron chi connectivity index (χ1n) is 8.28. The lowest BCUT2D eigenvalue weighted by Gasteiger charge is -2.16. The zero-order valence-electron chi connectivity index (χ0n) is 14.1. The first kappa shape index (κ1) is 17.6. The van der Waals surface area contributed by atoms with Crippen LogP contribution in [0.4, 0.5) is 11.4 Å². The molecular formula is C21H14Cl2N2O2. The Morgan fingerprint density at radius 1 is 0.852 bits per heavy atom. The van der Waals surface area contributed by atoms with Crippen molar-refractivity contribution in [3.63, 3.8) is 0 Å². The molecule has 0 fully saturated rings. The van der Waals surface area contributed by atoms with Crippen LogP contribution in [0.3, 0.4) is 0 Å². The molecule has 0 saturated heterocycles. The summed E-state index contributed by atoms with van der Waals surface area (Å²) in [5, 5.41) is 5.09. The average Bonchev–Trinajstić information content (AvgIpc) is 2.96. The zero-order valence-corrected chi connectivity index (χ0v) is 15.6. The number of nitrogens with zero attached hydrogens (tertiary/aromatic N) is 2. The predicted molar refractivity (Wildman–Crippen MR) is 108 cm³/mol. The molecule has 1 heterocycles. The topological polar surface area (TPSA) is 41.9 Å². The van der Waals surface area contributed by atoms with Gasteiger partial charge in [0.2, 0.25) is 0 Å². The SMILES string of the molecule is O=C1/C(=N\OCc2c(Cl)cccc2Cl)c2ccccc2N1c1ccccc1. The highest BCUT2D eigenvalue weighted by Gasteiger charge is 2.35. The molecule has 0 bridgehead atoms. The number of oxime groups is 1. The molecule has 0 radical (unpaired) electrons. The molecule has 1 amide bonds. The van der Waals surface area contributed by atoms with Crippen molar-refractivity contribution in [2.45, 2.75) is 6.61 Å². The highest BCUT2D eigenvalue weighted by Crippen LogP contribution is 2.35. The van der Waals surface area contributed by atoms with E-state index in [-0.39, 0.29) is 18.2 Å². The molecule has 134 valence electrons. The Hall–Kier alpha value is -2.82. The predicted octanol–water partition coefficient (Wildman–Crippen LogP) is 5.59. The van der Waals surface area contributed by atoms with Crippen LogP contribution in [0.5, 0.6) is 0 Å². The second kappa shape index (κ2) is 7.43. The van der Waals surface area contributed by atoms with Gasteiger partial charge in [0.05, 0.1) is 5.69 Å². The van der Waals surface area contributed by atoms with E-state index in [4.69, 9.17) is 28.0 Å². The number of carbonyl (C=O) groups excluding carboxylic acids is 1. The summed E-state index contributed by atoms with van der Waals surface area (Å²) in [7, 11) is 0. The second-order valence-corrected chi connectivity index (χ2v) is 6.72. The molecule has 4 rings (SSSR count). The molecule has 3 aromatic rings. The molecule has 0 unspecified atom stereocenters. The fraction of sp³-hybridized carbons (Fsp3) is 0.0476. The van der Waals surface area contributed by atoms with Crippen molar-refractivity contribution in [3.8, 4) is 0 Å². The van der Waals surface area contributed by atoms with Crippen molar-refractivity contribution in [1.82, 2.24) is 0 Å². The molecular weight excluding hydrogens is 383 g/mol. The molecule has 0 saturated carbocycles. The summed E-state index contributed by atoms with van der Waals surface area (Å²) >= 11 is 12.3. The number of fused-ring (bicyclic) bond motifs is 1. The lowest BCUT2D eigenvalue weighted by molar-refractivity contribution is -0.111. The summed E-state index contributed by atoms with van der Waals surface area (Å²) in [6, 6.07) is 22.1. The number of benzene rings is 3. The van der Waals surface area contributed by atoms with Gasteiger partial charge in [0.1, 0.15) is 6.61 Å². The largest absolute Gasteiger partial charge is 0.390 e. The number of rotatable bonds is 4. The summed E-state index contributed by atoms with van der Waals surface area (Å²) in [6.45, 7) is 0.0722. The monoisotopic (exact) mass is 396 g/mol. The maximum atomic E-state index is 13.0. The van der Waals surface area contributed by atoms with E-state index < -0.39 is 0 Å². The molecule has 27 heavy (non-hydrogen) atoms. The molecule has 6 heteroatoms. The Bertz CT molecular complexity index is 1020. The van der Waals surface area contributed by atoms with E-state index in [2.05, 4.69) is 5.16 Å². The zero-order chi connectivity index (χ0) is 18.8. The molecule has 1 aliphatic rings. The summed E-state index contributed by atoms with van der Waals surface area (Å²) in [4.78, 5) is 20.1. The van der Waals surface area contributed by atoms with Gasteiger partial charge in [0, 0.05) is 26.9 Å². The van der Waals surface area contributed by atoms with Crippen molar-refractivity contribution in [1.29, 1.82) is 0 Å². The number of hydrogen-bond donors (Lipinski definition) is 0. The summed E-state index contributed by atoms with van der Waals surface area (Å²) in [6.07, 6.45) is 0. The van der Waals surface area contributed by atoms with Gasteiger partial charge in [-0.05, 0) is 30.3 Å². The summed E-state index contributed by atoms with van der Waals surface area (Å²) in [5.41, 5.74) is 3.14. The number of amides is 1. The van der Waals surface area contributed by atoms with E-state index in [9.17, 15) is 4.79 Å². The van der Waals surface area contributed by atoms with Crippen molar-refractivity contribution in [2.75, 3.05) is 4.90 Å². The fourth-order valence-electron chi connectivity index (χ4n) is 2.95. The number of halogens is 2. The van der Waals surface area contributed by atoms with Crippen molar-refractivity contribution < 1.29 is 9.63 Å². The highest BCUT2D eigenvalue weighted by molar-refractivity contribution is 6.55.